The summed E-state index contributed by atoms with van der Waals surface area (Å²) in [5, 5.41) is 0. The first-order valence-corrected chi connectivity index (χ1v) is 6.31. The number of benzene rings is 2. The van der Waals surface area contributed by atoms with Gasteiger partial charge in [-0.3, -0.25) is 0 Å². The number of alkyl halides is 3. The Morgan fingerprint density at radius 3 is 2.21 bits per heavy atom. The average Bonchev–Trinajstić information content (AvgIpc) is 2.30. The molecule has 19 heavy (non-hydrogen) atoms. The zero-order valence-corrected chi connectivity index (χ0v) is 11.3. The van der Waals surface area contributed by atoms with Crippen molar-refractivity contribution in [3.05, 3.63) is 64.1 Å². The molecular weight excluding hydrogens is 321 g/mol. The third kappa shape index (κ3) is 4.59. The number of rotatable bonds is 3. The lowest BCUT2D eigenvalue weighted by molar-refractivity contribution is -0.274. The van der Waals surface area contributed by atoms with Crippen LogP contribution in [0.25, 0.3) is 0 Å². The summed E-state index contributed by atoms with van der Waals surface area (Å²) in [7, 11) is 0. The van der Waals surface area contributed by atoms with Crippen molar-refractivity contribution >= 4 is 15.9 Å². The van der Waals surface area contributed by atoms with E-state index < -0.39 is 6.36 Å². The van der Waals surface area contributed by atoms with E-state index in [0.29, 0.717) is 6.42 Å². The van der Waals surface area contributed by atoms with Gasteiger partial charge in [0.25, 0.3) is 0 Å². The van der Waals surface area contributed by atoms with Gasteiger partial charge in [0.2, 0.25) is 0 Å². The van der Waals surface area contributed by atoms with Gasteiger partial charge in [-0.25, -0.2) is 0 Å². The average molecular weight is 331 g/mol. The van der Waals surface area contributed by atoms with Crippen molar-refractivity contribution in [2.24, 2.45) is 0 Å². The van der Waals surface area contributed by atoms with Crippen LogP contribution in [0.15, 0.2) is 53.0 Å². The van der Waals surface area contributed by atoms with Gasteiger partial charge in [-0.1, -0.05) is 40.2 Å². The first kappa shape index (κ1) is 13.9. The molecular formula is C14H10BrF3O. The van der Waals surface area contributed by atoms with Crippen molar-refractivity contribution in [1.29, 1.82) is 0 Å². The van der Waals surface area contributed by atoms with Gasteiger partial charge in [-0.2, -0.15) is 0 Å². The zero-order valence-electron chi connectivity index (χ0n) is 9.75. The predicted molar refractivity (Wildman–Crippen MR) is 70.1 cm³/mol. The number of hydrogen-bond donors (Lipinski definition) is 0. The molecule has 0 aliphatic carbocycles. The van der Waals surface area contributed by atoms with Crippen LogP contribution in [0.1, 0.15) is 11.1 Å². The second-order valence-corrected chi connectivity index (χ2v) is 4.91. The number of ether oxygens (including phenoxy) is 1. The summed E-state index contributed by atoms with van der Waals surface area (Å²) >= 11 is 3.38. The molecule has 0 radical (unpaired) electrons. The van der Waals surface area contributed by atoms with E-state index in [0.717, 1.165) is 15.6 Å². The molecule has 0 fully saturated rings. The van der Waals surface area contributed by atoms with Gasteiger partial charge in [0, 0.05) is 4.47 Å². The Labute approximate surface area is 117 Å². The monoisotopic (exact) mass is 330 g/mol. The first-order chi connectivity index (χ1) is 8.92. The molecule has 0 aliphatic heterocycles. The van der Waals surface area contributed by atoms with Crippen molar-refractivity contribution in [1.82, 2.24) is 0 Å². The van der Waals surface area contributed by atoms with Gasteiger partial charge < -0.3 is 4.74 Å². The molecule has 0 saturated carbocycles. The summed E-state index contributed by atoms with van der Waals surface area (Å²) in [6.45, 7) is 0. The molecule has 2 rings (SSSR count). The lowest BCUT2D eigenvalue weighted by atomic mass is 10.1. The summed E-state index contributed by atoms with van der Waals surface area (Å²) in [5.41, 5.74) is 2.01. The minimum Gasteiger partial charge on any atom is -0.406 e. The fraction of sp³-hybridized carbons (Fsp3) is 0.143. The van der Waals surface area contributed by atoms with Gasteiger partial charge in [0.05, 0.1) is 0 Å². The van der Waals surface area contributed by atoms with Crippen LogP contribution in [-0.4, -0.2) is 6.36 Å². The first-order valence-electron chi connectivity index (χ1n) is 5.51. The molecule has 0 bridgehead atoms. The van der Waals surface area contributed by atoms with Crippen LogP contribution < -0.4 is 4.74 Å². The van der Waals surface area contributed by atoms with E-state index in [1.54, 1.807) is 12.1 Å². The largest absolute Gasteiger partial charge is 0.573 e. The summed E-state index contributed by atoms with van der Waals surface area (Å²) < 4.78 is 40.8. The smallest absolute Gasteiger partial charge is 0.406 e. The van der Waals surface area contributed by atoms with Crippen molar-refractivity contribution in [3.63, 3.8) is 0 Å². The minimum absolute atomic E-state index is 0.203. The second kappa shape index (κ2) is 5.65. The van der Waals surface area contributed by atoms with E-state index in [9.17, 15) is 13.2 Å². The van der Waals surface area contributed by atoms with Crippen LogP contribution in [-0.2, 0) is 6.42 Å². The Balaban J connectivity index is 2.07. The van der Waals surface area contributed by atoms with E-state index in [1.165, 1.54) is 12.1 Å². The van der Waals surface area contributed by atoms with Crippen LogP contribution in [0.5, 0.6) is 5.75 Å². The van der Waals surface area contributed by atoms with E-state index in [-0.39, 0.29) is 5.75 Å². The Morgan fingerprint density at radius 1 is 0.947 bits per heavy atom. The van der Waals surface area contributed by atoms with Gasteiger partial charge in [-0.05, 0) is 41.8 Å². The molecule has 0 aromatic heterocycles. The lowest BCUT2D eigenvalue weighted by Crippen LogP contribution is -2.17. The van der Waals surface area contributed by atoms with Crippen molar-refractivity contribution in [2.45, 2.75) is 12.8 Å². The normalized spacial score (nSPS) is 11.4. The van der Waals surface area contributed by atoms with E-state index in [2.05, 4.69) is 20.7 Å². The van der Waals surface area contributed by atoms with Crippen LogP contribution in [0.4, 0.5) is 13.2 Å². The molecule has 0 spiro atoms. The number of halogens is 4. The molecule has 0 heterocycles. The second-order valence-electron chi connectivity index (χ2n) is 4.00. The fourth-order valence-corrected chi connectivity index (χ4v) is 2.14. The fourth-order valence-electron chi connectivity index (χ4n) is 1.69. The van der Waals surface area contributed by atoms with Crippen molar-refractivity contribution in [2.75, 3.05) is 0 Å². The molecule has 1 nitrogen and oxygen atoms in total. The van der Waals surface area contributed by atoms with Crippen LogP contribution >= 0.6 is 15.9 Å². The molecule has 0 saturated heterocycles. The number of hydrogen-bond acceptors (Lipinski definition) is 1. The standard InChI is InChI=1S/C14H10BrF3O/c15-12-3-1-2-11(9-12)8-10-4-6-13(7-5-10)19-14(16,17)18/h1-7,9H,8H2. The summed E-state index contributed by atoms with van der Waals surface area (Å²) in [5.74, 6) is -0.203. The molecule has 0 atom stereocenters. The van der Waals surface area contributed by atoms with E-state index in [4.69, 9.17) is 0 Å². The Morgan fingerprint density at radius 2 is 1.63 bits per heavy atom. The Kier molecular flexibility index (Phi) is 4.14. The SMILES string of the molecule is FC(F)(F)Oc1ccc(Cc2cccc(Br)c2)cc1. The third-order valence-corrected chi connectivity index (χ3v) is 2.95. The molecule has 0 N–H and O–H groups in total. The van der Waals surface area contributed by atoms with E-state index in [1.807, 2.05) is 24.3 Å². The highest BCUT2D eigenvalue weighted by Crippen LogP contribution is 2.23. The third-order valence-electron chi connectivity index (χ3n) is 2.45. The van der Waals surface area contributed by atoms with Crippen molar-refractivity contribution in [3.8, 4) is 5.75 Å². The maximum absolute atomic E-state index is 12.0. The highest BCUT2D eigenvalue weighted by atomic mass is 79.9. The molecule has 2 aromatic carbocycles. The highest BCUT2D eigenvalue weighted by Gasteiger charge is 2.30. The Bertz CT molecular complexity index is 549. The molecule has 0 aliphatic rings. The van der Waals surface area contributed by atoms with Gasteiger partial charge in [0.1, 0.15) is 5.75 Å². The topological polar surface area (TPSA) is 9.23 Å². The quantitative estimate of drug-likeness (QED) is 0.774. The molecule has 0 amide bonds. The Hall–Kier alpha value is -1.49. The van der Waals surface area contributed by atoms with Crippen LogP contribution in [0.2, 0.25) is 0 Å². The predicted octanol–water partition coefficient (Wildman–Crippen LogP) is 4.94. The molecule has 5 heteroatoms. The van der Waals surface area contributed by atoms with Gasteiger partial charge in [0.15, 0.2) is 0 Å². The minimum atomic E-state index is -4.65. The van der Waals surface area contributed by atoms with Crippen molar-refractivity contribution < 1.29 is 17.9 Å². The summed E-state index contributed by atoms with van der Waals surface area (Å²) in [6.07, 6.45) is -3.99. The van der Waals surface area contributed by atoms with Gasteiger partial charge >= 0.3 is 6.36 Å². The maximum atomic E-state index is 12.0. The zero-order chi connectivity index (χ0) is 13.9. The summed E-state index contributed by atoms with van der Waals surface area (Å²) in [4.78, 5) is 0. The van der Waals surface area contributed by atoms with Crippen LogP contribution in [0, 0.1) is 0 Å². The highest BCUT2D eigenvalue weighted by molar-refractivity contribution is 9.10. The summed E-state index contributed by atoms with van der Waals surface area (Å²) in [6, 6.07) is 13.7. The molecule has 0 unspecified atom stereocenters. The maximum Gasteiger partial charge on any atom is 0.573 e. The molecule has 100 valence electrons. The lowest BCUT2D eigenvalue weighted by Gasteiger charge is -2.09. The van der Waals surface area contributed by atoms with E-state index >= 15 is 0 Å². The van der Waals surface area contributed by atoms with Gasteiger partial charge in [-0.15, -0.1) is 13.2 Å². The van der Waals surface area contributed by atoms with Crippen LogP contribution in [0.3, 0.4) is 0 Å². The molecule has 2 aromatic rings.